The summed E-state index contributed by atoms with van der Waals surface area (Å²) in [5, 5.41) is 5.25. The summed E-state index contributed by atoms with van der Waals surface area (Å²) in [6.07, 6.45) is 4.98. The molecule has 1 aromatic carbocycles. The molecule has 0 radical (unpaired) electrons. The number of halogens is 1. The molecule has 0 saturated heterocycles. The van der Waals surface area contributed by atoms with Gasteiger partial charge in [0.15, 0.2) is 11.6 Å². The summed E-state index contributed by atoms with van der Waals surface area (Å²) < 4.78 is 24.2. The third kappa shape index (κ3) is 4.80. The molecule has 1 amide bonds. The summed E-state index contributed by atoms with van der Waals surface area (Å²) in [6, 6.07) is 7.92. The number of para-hydroxylation sites is 1. The molecule has 1 N–H and O–H groups in total. The molecule has 2 aromatic heterocycles. The predicted molar refractivity (Wildman–Crippen MR) is 120 cm³/mol. The molecule has 1 aliphatic carbocycles. The van der Waals surface area contributed by atoms with Crippen LogP contribution in [0.2, 0.25) is 0 Å². The third-order valence-electron chi connectivity index (χ3n) is 5.15. The van der Waals surface area contributed by atoms with Crippen LogP contribution in [0.5, 0.6) is 5.75 Å². The van der Waals surface area contributed by atoms with Gasteiger partial charge in [-0.3, -0.25) is 4.79 Å². The number of thiophene rings is 2. The Bertz CT molecular complexity index is 1100. The number of hydrogen-bond donors (Lipinski definition) is 1. The zero-order chi connectivity index (χ0) is 21.8. The molecule has 0 bridgehead atoms. The number of nitrogens with one attached hydrogen (secondary N) is 1. The molecule has 0 aliphatic heterocycles. The first-order valence-corrected chi connectivity index (χ1v) is 11.8. The number of aryl methyl sites for hydroxylation is 1. The largest absolute Gasteiger partial charge is 0.486 e. The van der Waals surface area contributed by atoms with Crippen LogP contribution in [0.1, 0.15) is 55.3 Å². The number of ether oxygens (including phenoxy) is 2. The second kappa shape index (κ2) is 9.62. The summed E-state index contributed by atoms with van der Waals surface area (Å²) in [5.74, 6) is -0.963. The maximum absolute atomic E-state index is 13.7. The molecule has 3 aromatic rings. The number of esters is 1. The van der Waals surface area contributed by atoms with E-state index in [1.807, 2.05) is 0 Å². The second-order valence-corrected chi connectivity index (χ2v) is 9.27. The first kappa shape index (κ1) is 21.5. The van der Waals surface area contributed by atoms with Crippen LogP contribution in [-0.4, -0.2) is 19.0 Å². The summed E-state index contributed by atoms with van der Waals surface area (Å²) in [4.78, 5) is 26.9. The van der Waals surface area contributed by atoms with Gasteiger partial charge < -0.3 is 14.8 Å². The van der Waals surface area contributed by atoms with E-state index in [9.17, 15) is 14.0 Å². The molecule has 8 heteroatoms. The van der Waals surface area contributed by atoms with E-state index in [1.54, 1.807) is 29.6 Å². The number of carbonyl (C=O) groups excluding carboxylic acids is 2. The van der Waals surface area contributed by atoms with E-state index in [4.69, 9.17) is 9.47 Å². The predicted octanol–water partition coefficient (Wildman–Crippen LogP) is 5.84. The second-order valence-electron chi connectivity index (χ2n) is 7.25. The SMILES string of the molecule is COC(=O)c1c(NC(=O)c2cc(COc3ccccc3F)cs2)sc2c1CCCCC2. The van der Waals surface area contributed by atoms with Crippen molar-refractivity contribution in [1.29, 1.82) is 0 Å². The lowest BCUT2D eigenvalue weighted by Gasteiger charge is -2.07. The normalized spacial score (nSPS) is 13.2. The van der Waals surface area contributed by atoms with Crippen LogP contribution in [0, 0.1) is 5.82 Å². The molecule has 0 saturated carbocycles. The molecule has 0 atom stereocenters. The van der Waals surface area contributed by atoms with Gasteiger partial charge >= 0.3 is 5.97 Å². The third-order valence-corrected chi connectivity index (χ3v) is 7.33. The van der Waals surface area contributed by atoms with Crippen molar-refractivity contribution in [2.24, 2.45) is 0 Å². The Morgan fingerprint density at radius 2 is 1.97 bits per heavy atom. The van der Waals surface area contributed by atoms with Crippen molar-refractivity contribution >= 4 is 39.6 Å². The summed E-state index contributed by atoms with van der Waals surface area (Å²) in [7, 11) is 1.36. The number of methoxy groups -OCH3 is 1. The van der Waals surface area contributed by atoms with Crippen molar-refractivity contribution in [2.45, 2.75) is 38.7 Å². The van der Waals surface area contributed by atoms with Gasteiger partial charge in [0.25, 0.3) is 5.91 Å². The molecule has 162 valence electrons. The van der Waals surface area contributed by atoms with Crippen LogP contribution in [0.25, 0.3) is 0 Å². The number of carbonyl (C=O) groups is 2. The van der Waals surface area contributed by atoms with Gasteiger partial charge in [0, 0.05) is 10.4 Å². The maximum atomic E-state index is 13.7. The van der Waals surface area contributed by atoms with E-state index in [0.717, 1.165) is 48.1 Å². The minimum absolute atomic E-state index is 0.158. The number of anilines is 1. The zero-order valence-electron chi connectivity index (χ0n) is 17.0. The Balaban J connectivity index is 1.49. The highest BCUT2D eigenvalue weighted by molar-refractivity contribution is 7.17. The molecule has 2 heterocycles. The molecule has 0 spiro atoms. The highest BCUT2D eigenvalue weighted by Gasteiger charge is 2.26. The van der Waals surface area contributed by atoms with Gasteiger partial charge in [-0.1, -0.05) is 18.6 Å². The van der Waals surface area contributed by atoms with Gasteiger partial charge in [0.2, 0.25) is 0 Å². The Hall–Kier alpha value is -2.71. The lowest BCUT2D eigenvalue weighted by molar-refractivity contribution is 0.0601. The van der Waals surface area contributed by atoms with Crippen molar-refractivity contribution in [3.8, 4) is 5.75 Å². The first-order chi connectivity index (χ1) is 15.1. The quantitative estimate of drug-likeness (QED) is 0.372. The van der Waals surface area contributed by atoms with Crippen LogP contribution >= 0.6 is 22.7 Å². The number of hydrogen-bond acceptors (Lipinski definition) is 6. The van der Waals surface area contributed by atoms with Gasteiger partial charge in [0.05, 0.1) is 17.6 Å². The van der Waals surface area contributed by atoms with Crippen LogP contribution in [0.15, 0.2) is 35.7 Å². The fourth-order valence-electron chi connectivity index (χ4n) is 3.61. The molecule has 31 heavy (non-hydrogen) atoms. The lowest BCUT2D eigenvalue weighted by Crippen LogP contribution is -2.13. The van der Waals surface area contributed by atoms with Gasteiger partial charge in [-0.05, 0) is 54.8 Å². The van der Waals surface area contributed by atoms with Crippen molar-refractivity contribution in [1.82, 2.24) is 0 Å². The average Bonchev–Trinajstić information content (AvgIpc) is 3.31. The smallest absolute Gasteiger partial charge is 0.341 e. The number of amides is 1. The Morgan fingerprint density at radius 1 is 1.16 bits per heavy atom. The zero-order valence-corrected chi connectivity index (χ0v) is 18.7. The Labute approximate surface area is 187 Å². The number of rotatable bonds is 6. The molecule has 4 rings (SSSR count). The first-order valence-electron chi connectivity index (χ1n) is 10.1. The molecule has 0 unspecified atom stereocenters. The minimum Gasteiger partial charge on any atom is -0.486 e. The number of fused-ring (bicyclic) bond motifs is 1. The van der Waals surface area contributed by atoms with Gasteiger partial charge in [-0.2, -0.15) is 0 Å². The van der Waals surface area contributed by atoms with E-state index in [0.29, 0.717) is 15.4 Å². The van der Waals surface area contributed by atoms with E-state index in [-0.39, 0.29) is 18.3 Å². The standard InChI is InChI=1S/C23H22FNO4S2/c1-28-23(27)20-15-7-3-2-4-10-18(15)31-22(20)25-21(26)19-11-14(13-30-19)12-29-17-9-6-5-8-16(17)24/h5-6,8-9,11,13H,2-4,7,10,12H2,1H3,(H,25,26). The monoisotopic (exact) mass is 459 g/mol. The molecule has 1 aliphatic rings. The molecular formula is C23H22FNO4S2. The average molecular weight is 460 g/mol. The fraction of sp³-hybridized carbons (Fsp3) is 0.304. The lowest BCUT2D eigenvalue weighted by atomic mass is 10.1. The fourth-order valence-corrected chi connectivity index (χ4v) is 5.67. The molecule has 0 fully saturated rings. The highest BCUT2D eigenvalue weighted by Crippen LogP contribution is 2.38. The van der Waals surface area contributed by atoms with E-state index in [2.05, 4.69) is 5.32 Å². The van der Waals surface area contributed by atoms with Crippen molar-refractivity contribution in [2.75, 3.05) is 12.4 Å². The van der Waals surface area contributed by atoms with E-state index >= 15 is 0 Å². The maximum Gasteiger partial charge on any atom is 0.341 e. The summed E-state index contributed by atoms with van der Waals surface area (Å²) >= 11 is 2.74. The topological polar surface area (TPSA) is 64.6 Å². The van der Waals surface area contributed by atoms with Gasteiger partial charge in [0.1, 0.15) is 11.6 Å². The van der Waals surface area contributed by atoms with Crippen LogP contribution < -0.4 is 10.1 Å². The van der Waals surface area contributed by atoms with E-state index < -0.39 is 11.8 Å². The Kier molecular flexibility index (Phi) is 6.67. The Morgan fingerprint density at radius 3 is 2.77 bits per heavy atom. The van der Waals surface area contributed by atoms with Crippen molar-refractivity contribution < 1.29 is 23.5 Å². The van der Waals surface area contributed by atoms with Crippen LogP contribution in [-0.2, 0) is 24.2 Å². The summed E-state index contributed by atoms with van der Waals surface area (Å²) in [5.41, 5.74) is 2.26. The highest BCUT2D eigenvalue weighted by atomic mass is 32.1. The van der Waals surface area contributed by atoms with Crippen LogP contribution in [0.4, 0.5) is 9.39 Å². The van der Waals surface area contributed by atoms with Gasteiger partial charge in [-0.15, -0.1) is 22.7 Å². The van der Waals surface area contributed by atoms with Crippen molar-refractivity contribution in [3.63, 3.8) is 0 Å². The van der Waals surface area contributed by atoms with Crippen LogP contribution in [0.3, 0.4) is 0 Å². The minimum atomic E-state index is -0.427. The number of benzene rings is 1. The molecule has 5 nitrogen and oxygen atoms in total. The van der Waals surface area contributed by atoms with E-state index in [1.165, 1.54) is 35.8 Å². The molecular weight excluding hydrogens is 437 g/mol. The summed E-state index contributed by atoms with van der Waals surface area (Å²) in [6.45, 7) is 0.158. The van der Waals surface area contributed by atoms with Crippen molar-refractivity contribution in [3.05, 3.63) is 68.0 Å². The van der Waals surface area contributed by atoms with Gasteiger partial charge in [-0.25, -0.2) is 9.18 Å².